The van der Waals surface area contributed by atoms with Gasteiger partial charge in [-0.1, -0.05) is 6.92 Å². The van der Waals surface area contributed by atoms with Gasteiger partial charge in [0.25, 0.3) is 5.91 Å². The maximum atomic E-state index is 13.0. The predicted octanol–water partition coefficient (Wildman–Crippen LogP) is 1.70. The van der Waals surface area contributed by atoms with E-state index in [2.05, 4.69) is 14.9 Å². The summed E-state index contributed by atoms with van der Waals surface area (Å²) in [5, 5.41) is 0. The first-order valence-electron chi connectivity index (χ1n) is 11.0. The van der Waals surface area contributed by atoms with Crippen molar-refractivity contribution in [2.45, 2.75) is 44.6 Å². The molecular formula is C22H27N5O5. The standard InChI is InChI=1S/C22H27N5O5/c1-3-18-16(5-7-31-18)21(28)25-6-4-15(9-25)27-17-10-26(11-19(17)32-22(27)29)20-8-14(12-30-2)23-13-24-20/h5,7-8,13,15,17,19H,3-4,6,9-12H2,1-2H3/t15?,17-,19+/m1/s1. The van der Waals surface area contributed by atoms with E-state index in [0.717, 1.165) is 17.9 Å². The number of hydrogen-bond donors (Lipinski definition) is 0. The average molecular weight is 441 g/mol. The molecule has 0 saturated carbocycles. The summed E-state index contributed by atoms with van der Waals surface area (Å²) < 4.78 is 16.3. The Bertz CT molecular complexity index is 1010. The van der Waals surface area contributed by atoms with Crippen molar-refractivity contribution in [3.8, 4) is 0 Å². The molecule has 0 N–H and O–H groups in total. The lowest BCUT2D eigenvalue weighted by Gasteiger charge is -2.28. The molecule has 0 aromatic carbocycles. The van der Waals surface area contributed by atoms with Crippen molar-refractivity contribution < 1.29 is 23.5 Å². The highest BCUT2D eigenvalue weighted by Gasteiger charge is 2.51. The average Bonchev–Trinajstić information content (AvgIpc) is 3.57. The van der Waals surface area contributed by atoms with E-state index in [1.807, 2.05) is 22.8 Å². The topological polar surface area (TPSA) is 101 Å². The van der Waals surface area contributed by atoms with Crippen LogP contribution in [0.5, 0.6) is 0 Å². The van der Waals surface area contributed by atoms with E-state index in [1.165, 1.54) is 6.33 Å². The zero-order valence-corrected chi connectivity index (χ0v) is 18.3. The van der Waals surface area contributed by atoms with Crippen molar-refractivity contribution in [2.24, 2.45) is 0 Å². The molecule has 0 radical (unpaired) electrons. The number of likely N-dealkylation sites (tertiary alicyclic amines) is 1. The second kappa shape index (κ2) is 8.42. The fraction of sp³-hybridized carbons (Fsp3) is 0.545. The van der Waals surface area contributed by atoms with E-state index >= 15 is 0 Å². The number of amides is 2. The Kier molecular flexibility index (Phi) is 5.46. The fourth-order valence-corrected chi connectivity index (χ4v) is 4.99. The summed E-state index contributed by atoms with van der Waals surface area (Å²) in [6.45, 7) is 4.70. The minimum atomic E-state index is -0.292. The zero-order valence-electron chi connectivity index (χ0n) is 18.3. The van der Waals surface area contributed by atoms with Crippen LogP contribution >= 0.6 is 0 Å². The maximum Gasteiger partial charge on any atom is 0.410 e. The highest BCUT2D eigenvalue weighted by molar-refractivity contribution is 5.95. The van der Waals surface area contributed by atoms with Crippen LogP contribution in [0.3, 0.4) is 0 Å². The van der Waals surface area contributed by atoms with Gasteiger partial charge in [0.05, 0.1) is 42.8 Å². The minimum absolute atomic E-state index is 0.0399. The predicted molar refractivity (Wildman–Crippen MR) is 113 cm³/mol. The van der Waals surface area contributed by atoms with Gasteiger partial charge in [-0.2, -0.15) is 0 Å². The largest absolute Gasteiger partial charge is 0.469 e. The number of aryl methyl sites for hydroxylation is 1. The summed E-state index contributed by atoms with van der Waals surface area (Å²) >= 11 is 0. The summed E-state index contributed by atoms with van der Waals surface area (Å²) in [4.78, 5) is 40.0. The number of methoxy groups -OCH3 is 1. The number of carbonyl (C=O) groups excluding carboxylic acids is 2. The Morgan fingerprint density at radius 2 is 2.16 bits per heavy atom. The van der Waals surface area contributed by atoms with Crippen molar-refractivity contribution in [2.75, 3.05) is 38.2 Å². The molecule has 0 aliphatic carbocycles. The van der Waals surface area contributed by atoms with Crippen molar-refractivity contribution in [3.63, 3.8) is 0 Å². The summed E-state index contributed by atoms with van der Waals surface area (Å²) in [5.41, 5.74) is 1.41. The van der Waals surface area contributed by atoms with Crippen LogP contribution in [-0.4, -0.2) is 83.2 Å². The van der Waals surface area contributed by atoms with E-state index in [9.17, 15) is 9.59 Å². The zero-order chi connectivity index (χ0) is 22.2. The van der Waals surface area contributed by atoms with Crippen molar-refractivity contribution >= 4 is 17.8 Å². The molecule has 10 heteroatoms. The molecule has 2 amide bonds. The first-order chi connectivity index (χ1) is 15.6. The lowest BCUT2D eigenvalue weighted by atomic mass is 10.1. The number of nitrogens with zero attached hydrogens (tertiary/aromatic N) is 5. The molecule has 3 aliphatic heterocycles. The molecule has 0 bridgehead atoms. The molecule has 3 atom stereocenters. The first-order valence-corrected chi connectivity index (χ1v) is 11.0. The van der Waals surface area contributed by atoms with Crippen LogP contribution in [0.25, 0.3) is 0 Å². The van der Waals surface area contributed by atoms with Gasteiger partial charge in [-0.05, 0) is 12.5 Å². The molecule has 5 rings (SSSR count). The van der Waals surface area contributed by atoms with Crippen LogP contribution in [0.1, 0.15) is 35.2 Å². The molecule has 2 aromatic rings. The van der Waals surface area contributed by atoms with E-state index < -0.39 is 0 Å². The Labute approximate surface area is 186 Å². The van der Waals surface area contributed by atoms with E-state index in [1.54, 1.807) is 19.4 Å². The van der Waals surface area contributed by atoms with Crippen molar-refractivity contribution in [3.05, 3.63) is 41.7 Å². The normalized spacial score (nSPS) is 24.9. The van der Waals surface area contributed by atoms with Gasteiger partial charge in [-0.25, -0.2) is 14.8 Å². The third kappa shape index (κ3) is 3.58. The Morgan fingerprint density at radius 3 is 2.97 bits per heavy atom. The van der Waals surface area contributed by atoms with Gasteiger partial charge < -0.3 is 23.7 Å². The van der Waals surface area contributed by atoms with Gasteiger partial charge >= 0.3 is 6.09 Å². The van der Waals surface area contributed by atoms with Gasteiger partial charge in [0.2, 0.25) is 0 Å². The summed E-state index contributed by atoms with van der Waals surface area (Å²) in [7, 11) is 1.63. The highest BCUT2D eigenvalue weighted by Crippen LogP contribution is 2.33. The number of ether oxygens (including phenoxy) is 2. The second-order valence-electron chi connectivity index (χ2n) is 8.41. The summed E-state index contributed by atoms with van der Waals surface area (Å²) in [5.74, 6) is 1.46. The monoisotopic (exact) mass is 441 g/mol. The lowest BCUT2D eigenvalue weighted by molar-refractivity contribution is 0.0774. The molecule has 32 heavy (non-hydrogen) atoms. The number of fused-ring (bicyclic) bond motifs is 1. The Balaban J connectivity index is 1.27. The Hall–Kier alpha value is -3.14. The molecule has 3 fully saturated rings. The van der Waals surface area contributed by atoms with Gasteiger partial charge in [-0.3, -0.25) is 9.69 Å². The van der Waals surface area contributed by atoms with Gasteiger partial charge in [0, 0.05) is 39.2 Å². The van der Waals surface area contributed by atoms with Gasteiger partial charge in [0.1, 0.15) is 24.0 Å². The van der Waals surface area contributed by atoms with E-state index in [4.69, 9.17) is 13.9 Å². The lowest BCUT2D eigenvalue weighted by Crippen LogP contribution is -2.46. The SMILES string of the molecule is CCc1occc1C(=O)N1CCC(N2C(=O)O[C@H]3CN(c4cc(COC)ncn4)C[C@H]32)C1. The number of carbonyl (C=O) groups is 2. The first kappa shape index (κ1) is 20.7. The third-order valence-corrected chi connectivity index (χ3v) is 6.52. The Morgan fingerprint density at radius 1 is 1.28 bits per heavy atom. The molecule has 10 nitrogen and oxygen atoms in total. The molecule has 1 unspecified atom stereocenters. The van der Waals surface area contributed by atoms with Crippen LogP contribution < -0.4 is 4.90 Å². The van der Waals surface area contributed by atoms with Gasteiger partial charge in [0.15, 0.2) is 0 Å². The quantitative estimate of drug-likeness (QED) is 0.668. The summed E-state index contributed by atoms with van der Waals surface area (Å²) in [6, 6.07) is 3.50. The fourth-order valence-electron chi connectivity index (χ4n) is 4.99. The summed E-state index contributed by atoms with van der Waals surface area (Å²) in [6.07, 6.45) is 3.98. The molecule has 3 aliphatic rings. The maximum absolute atomic E-state index is 13.0. The van der Waals surface area contributed by atoms with Crippen LogP contribution in [0, 0.1) is 0 Å². The van der Waals surface area contributed by atoms with E-state index in [0.29, 0.717) is 50.5 Å². The third-order valence-electron chi connectivity index (χ3n) is 6.52. The number of furan rings is 1. The molecule has 5 heterocycles. The second-order valence-corrected chi connectivity index (χ2v) is 8.41. The highest BCUT2D eigenvalue weighted by atomic mass is 16.6. The number of hydrogen-bond acceptors (Lipinski definition) is 8. The minimum Gasteiger partial charge on any atom is -0.469 e. The molecule has 0 spiro atoms. The van der Waals surface area contributed by atoms with Crippen LogP contribution in [0.4, 0.5) is 10.6 Å². The van der Waals surface area contributed by atoms with Crippen molar-refractivity contribution in [1.82, 2.24) is 19.8 Å². The van der Waals surface area contributed by atoms with Crippen molar-refractivity contribution in [1.29, 1.82) is 0 Å². The van der Waals surface area contributed by atoms with E-state index in [-0.39, 0.29) is 30.2 Å². The number of rotatable bonds is 6. The number of aromatic nitrogens is 2. The number of anilines is 1. The molecule has 170 valence electrons. The van der Waals surface area contributed by atoms with Crippen LogP contribution in [0.2, 0.25) is 0 Å². The molecular weight excluding hydrogens is 414 g/mol. The molecule has 2 aromatic heterocycles. The van der Waals surface area contributed by atoms with Crippen LogP contribution in [0.15, 0.2) is 29.1 Å². The van der Waals surface area contributed by atoms with Crippen LogP contribution in [-0.2, 0) is 22.5 Å². The molecule has 3 saturated heterocycles. The van der Waals surface area contributed by atoms with Gasteiger partial charge in [-0.15, -0.1) is 0 Å². The smallest absolute Gasteiger partial charge is 0.410 e.